The number of hydrogen-bond acceptors (Lipinski definition) is 7. The molecule has 2 aliphatic heterocycles. The van der Waals surface area contributed by atoms with Crippen molar-refractivity contribution >= 4 is 56.3 Å². The van der Waals surface area contributed by atoms with E-state index in [9.17, 15) is 19.7 Å². The molecule has 0 N–H and O–H groups in total. The van der Waals surface area contributed by atoms with Crippen LogP contribution in [-0.2, 0) is 16.1 Å². The third-order valence-corrected chi connectivity index (χ3v) is 6.35. The van der Waals surface area contributed by atoms with Crippen LogP contribution in [0.3, 0.4) is 0 Å². The molecule has 2 aromatic rings. The summed E-state index contributed by atoms with van der Waals surface area (Å²) in [6, 6.07) is 12.2. The van der Waals surface area contributed by atoms with Crippen LogP contribution in [0.4, 0.5) is 16.2 Å². The second-order valence-corrected chi connectivity index (χ2v) is 8.91. The van der Waals surface area contributed by atoms with Gasteiger partial charge in [-0.1, -0.05) is 34.1 Å². The molecule has 0 atom stereocenters. The van der Waals surface area contributed by atoms with Crippen LogP contribution in [0.1, 0.15) is 11.1 Å². The number of nitrogens with zero attached hydrogens (tertiary/aromatic N) is 3. The molecule has 0 saturated carbocycles. The molecule has 0 bridgehead atoms. The molecule has 2 heterocycles. The molecule has 2 saturated heterocycles. The molecular formula is C21H18BrN3O5S. The molecule has 0 aromatic heterocycles. The first-order chi connectivity index (χ1) is 14.9. The van der Waals surface area contributed by atoms with E-state index in [-0.39, 0.29) is 22.4 Å². The van der Waals surface area contributed by atoms with Gasteiger partial charge in [-0.05, 0) is 47.2 Å². The predicted octanol–water partition coefficient (Wildman–Crippen LogP) is 4.43. The Bertz CT molecular complexity index is 1080. The van der Waals surface area contributed by atoms with E-state index < -0.39 is 10.8 Å². The van der Waals surface area contributed by atoms with Crippen molar-refractivity contribution in [2.75, 3.05) is 31.2 Å². The minimum Gasteiger partial charge on any atom is -0.378 e. The van der Waals surface area contributed by atoms with Crippen molar-refractivity contribution < 1.29 is 19.2 Å². The molecule has 0 unspecified atom stereocenters. The van der Waals surface area contributed by atoms with Gasteiger partial charge < -0.3 is 9.64 Å². The van der Waals surface area contributed by atoms with Crippen LogP contribution in [-0.4, -0.2) is 47.3 Å². The summed E-state index contributed by atoms with van der Waals surface area (Å²) in [5.74, 6) is -0.408. The number of thioether (sulfide) groups is 1. The number of halogens is 1. The summed E-state index contributed by atoms with van der Waals surface area (Å²) in [5, 5.41) is 11.3. The number of carbonyl (C=O) groups is 2. The molecule has 0 radical (unpaired) electrons. The minimum absolute atomic E-state index is 0.0379. The summed E-state index contributed by atoms with van der Waals surface area (Å²) in [5.41, 5.74) is 1.80. The van der Waals surface area contributed by atoms with Gasteiger partial charge in [0.2, 0.25) is 0 Å². The van der Waals surface area contributed by atoms with Crippen molar-refractivity contribution in [3.8, 4) is 0 Å². The number of ether oxygens (including phenoxy) is 1. The number of anilines is 1. The summed E-state index contributed by atoms with van der Waals surface area (Å²) in [6.45, 7) is 2.36. The van der Waals surface area contributed by atoms with E-state index in [4.69, 9.17) is 4.74 Å². The lowest BCUT2D eigenvalue weighted by atomic mass is 10.1. The Morgan fingerprint density at radius 1 is 1.16 bits per heavy atom. The lowest BCUT2D eigenvalue weighted by Crippen LogP contribution is -2.36. The van der Waals surface area contributed by atoms with E-state index in [0.29, 0.717) is 37.6 Å². The number of rotatable bonds is 5. The topological polar surface area (TPSA) is 93.0 Å². The van der Waals surface area contributed by atoms with Crippen molar-refractivity contribution in [2.24, 2.45) is 0 Å². The Kier molecular flexibility index (Phi) is 6.40. The fraction of sp³-hybridized carbons (Fsp3) is 0.238. The molecule has 0 spiro atoms. The van der Waals surface area contributed by atoms with Gasteiger partial charge in [0.05, 0.1) is 29.6 Å². The van der Waals surface area contributed by atoms with Crippen LogP contribution in [0.2, 0.25) is 0 Å². The van der Waals surface area contributed by atoms with Crippen LogP contribution in [0.5, 0.6) is 0 Å². The second-order valence-electron chi connectivity index (χ2n) is 7.00. The summed E-state index contributed by atoms with van der Waals surface area (Å²) in [4.78, 5) is 39.7. The number of imide groups is 1. The smallest absolute Gasteiger partial charge is 0.293 e. The zero-order valence-electron chi connectivity index (χ0n) is 16.3. The quantitative estimate of drug-likeness (QED) is 0.338. The molecule has 160 valence electrons. The maximum atomic E-state index is 12.8. The molecule has 8 nitrogen and oxygen atoms in total. The van der Waals surface area contributed by atoms with Crippen molar-refractivity contribution in [1.29, 1.82) is 0 Å². The Balaban J connectivity index is 1.58. The molecule has 31 heavy (non-hydrogen) atoms. The monoisotopic (exact) mass is 503 g/mol. The number of benzene rings is 2. The maximum absolute atomic E-state index is 12.8. The van der Waals surface area contributed by atoms with E-state index in [0.717, 1.165) is 21.8 Å². The highest BCUT2D eigenvalue weighted by molar-refractivity contribution is 9.10. The molecular weight excluding hydrogens is 486 g/mol. The van der Waals surface area contributed by atoms with Gasteiger partial charge in [-0.2, -0.15) is 0 Å². The predicted molar refractivity (Wildman–Crippen MR) is 122 cm³/mol. The summed E-state index contributed by atoms with van der Waals surface area (Å²) >= 11 is 4.22. The molecule has 10 heteroatoms. The van der Waals surface area contributed by atoms with Gasteiger partial charge >= 0.3 is 0 Å². The average Bonchev–Trinajstić information content (AvgIpc) is 3.01. The Labute approximate surface area is 191 Å². The van der Waals surface area contributed by atoms with Crippen molar-refractivity contribution in [2.45, 2.75) is 6.54 Å². The fourth-order valence-corrected chi connectivity index (χ4v) is 4.74. The van der Waals surface area contributed by atoms with E-state index >= 15 is 0 Å². The normalized spacial score (nSPS) is 18.2. The highest BCUT2D eigenvalue weighted by atomic mass is 79.9. The number of amides is 2. The lowest BCUT2D eigenvalue weighted by Gasteiger charge is -2.28. The Morgan fingerprint density at radius 3 is 2.65 bits per heavy atom. The highest BCUT2D eigenvalue weighted by Gasteiger charge is 2.35. The van der Waals surface area contributed by atoms with Gasteiger partial charge in [0.15, 0.2) is 0 Å². The molecule has 2 amide bonds. The van der Waals surface area contributed by atoms with E-state index in [1.54, 1.807) is 12.1 Å². The van der Waals surface area contributed by atoms with Gasteiger partial charge in [-0.3, -0.25) is 24.6 Å². The zero-order valence-corrected chi connectivity index (χ0v) is 18.7. The third kappa shape index (κ3) is 4.81. The summed E-state index contributed by atoms with van der Waals surface area (Å²) in [7, 11) is 0. The number of carbonyl (C=O) groups excluding carboxylic acids is 2. The molecule has 2 aliphatic rings. The van der Waals surface area contributed by atoms with Crippen LogP contribution >= 0.6 is 27.7 Å². The molecule has 2 fully saturated rings. The maximum Gasteiger partial charge on any atom is 0.293 e. The van der Waals surface area contributed by atoms with Crippen molar-refractivity contribution in [3.05, 3.63) is 73.1 Å². The highest BCUT2D eigenvalue weighted by Crippen LogP contribution is 2.35. The van der Waals surface area contributed by atoms with Gasteiger partial charge in [-0.15, -0.1) is 0 Å². The van der Waals surface area contributed by atoms with Crippen molar-refractivity contribution in [1.82, 2.24) is 4.90 Å². The SMILES string of the molecule is O=C1S/C(=C\c2ccc(N3CCOCC3)c([N+](=O)[O-])c2)C(=O)N1Cc1cccc(Br)c1. The van der Waals surface area contributed by atoms with Gasteiger partial charge in [0.25, 0.3) is 16.8 Å². The van der Waals surface area contributed by atoms with E-state index in [2.05, 4.69) is 15.9 Å². The van der Waals surface area contributed by atoms with Gasteiger partial charge in [0, 0.05) is 23.6 Å². The van der Waals surface area contributed by atoms with Crippen LogP contribution in [0.25, 0.3) is 6.08 Å². The number of nitro groups is 1. The minimum atomic E-state index is -0.429. The van der Waals surface area contributed by atoms with Crippen molar-refractivity contribution in [3.63, 3.8) is 0 Å². The average molecular weight is 504 g/mol. The molecule has 0 aliphatic carbocycles. The Hall–Kier alpha value is -2.69. The Morgan fingerprint density at radius 2 is 1.94 bits per heavy atom. The van der Waals surface area contributed by atoms with Crippen LogP contribution in [0.15, 0.2) is 51.8 Å². The third-order valence-electron chi connectivity index (χ3n) is 4.95. The lowest BCUT2D eigenvalue weighted by molar-refractivity contribution is -0.384. The van der Waals surface area contributed by atoms with Gasteiger partial charge in [0.1, 0.15) is 5.69 Å². The largest absolute Gasteiger partial charge is 0.378 e. The molecule has 2 aromatic carbocycles. The van der Waals surface area contributed by atoms with E-state index in [1.165, 1.54) is 17.0 Å². The van der Waals surface area contributed by atoms with E-state index in [1.807, 2.05) is 29.2 Å². The standard InChI is InChI=1S/C21H18BrN3O5S/c22-16-3-1-2-15(10-16)13-24-20(26)19(31-21(24)27)12-14-4-5-17(18(11-14)25(28)29)23-6-8-30-9-7-23/h1-5,10-12H,6-9,13H2/b19-12-. The first-order valence-corrected chi connectivity index (χ1v) is 11.1. The molecule has 4 rings (SSSR count). The summed E-state index contributed by atoms with van der Waals surface area (Å²) in [6.07, 6.45) is 1.53. The van der Waals surface area contributed by atoms with Crippen LogP contribution in [0, 0.1) is 10.1 Å². The number of nitro benzene ring substituents is 1. The van der Waals surface area contributed by atoms with Crippen LogP contribution < -0.4 is 4.90 Å². The fourth-order valence-electron chi connectivity index (χ4n) is 3.45. The first-order valence-electron chi connectivity index (χ1n) is 9.53. The summed E-state index contributed by atoms with van der Waals surface area (Å²) < 4.78 is 6.18. The first kappa shape index (κ1) is 21.5. The van der Waals surface area contributed by atoms with Gasteiger partial charge in [-0.25, -0.2) is 0 Å². The second kappa shape index (κ2) is 9.21. The number of hydrogen-bond donors (Lipinski definition) is 0. The zero-order chi connectivity index (χ0) is 22.0. The number of morpholine rings is 1.